The van der Waals surface area contributed by atoms with Gasteiger partial charge in [0, 0.05) is 42.6 Å². The second-order valence-corrected chi connectivity index (χ2v) is 11.4. The number of benzene rings is 2. The highest BCUT2D eigenvalue weighted by atomic mass is 32.2. The van der Waals surface area contributed by atoms with Crippen molar-refractivity contribution in [3.05, 3.63) is 59.4 Å². The van der Waals surface area contributed by atoms with Gasteiger partial charge in [0.05, 0.1) is 13.2 Å². The van der Waals surface area contributed by atoms with Gasteiger partial charge < -0.3 is 14.7 Å². The summed E-state index contributed by atoms with van der Waals surface area (Å²) in [5.41, 5.74) is 0.816. The zero-order valence-corrected chi connectivity index (χ0v) is 22.0. The Morgan fingerprint density at radius 2 is 1.97 bits per heavy atom. The Hall–Kier alpha value is -2.93. The van der Waals surface area contributed by atoms with E-state index >= 15 is 0 Å². The number of carbonyl (C=O) groups excluding carboxylic acids is 1. The molecule has 194 valence electrons. The van der Waals surface area contributed by atoms with Gasteiger partial charge in [-0.15, -0.1) is 0 Å². The van der Waals surface area contributed by atoms with Crippen LogP contribution in [0.3, 0.4) is 0 Å². The number of halogens is 1. The number of amides is 1. The Bertz CT molecular complexity index is 1270. The Labute approximate surface area is 212 Å². The molecule has 2 aromatic rings. The van der Waals surface area contributed by atoms with E-state index in [1.807, 2.05) is 20.8 Å². The van der Waals surface area contributed by atoms with Gasteiger partial charge in [0.2, 0.25) is 10.0 Å². The molecular formula is C27H33FN2O5S. The predicted octanol–water partition coefficient (Wildman–Crippen LogP) is 3.37. The molecule has 0 aromatic heterocycles. The van der Waals surface area contributed by atoms with Crippen LogP contribution in [0.2, 0.25) is 0 Å². The number of rotatable bonds is 5. The van der Waals surface area contributed by atoms with Crippen LogP contribution in [0.15, 0.2) is 47.4 Å². The first-order chi connectivity index (χ1) is 16.9. The van der Waals surface area contributed by atoms with Crippen molar-refractivity contribution in [2.75, 3.05) is 26.7 Å². The lowest BCUT2D eigenvalue weighted by Crippen LogP contribution is -2.50. The van der Waals surface area contributed by atoms with Crippen molar-refractivity contribution in [2.24, 2.45) is 11.8 Å². The summed E-state index contributed by atoms with van der Waals surface area (Å²) in [6, 6.07) is 9.51. The first-order valence-corrected chi connectivity index (χ1v) is 13.3. The van der Waals surface area contributed by atoms with Gasteiger partial charge in [0.15, 0.2) is 0 Å². The molecule has 2 aromatic carbocycles. The fourth-order valence-electron chi connectivity index (χ4n) is 3.94. The quantitative estimate of drug-likeness (QED) is 0.616. The zero-order chi connectivity index (χ0) is 26.6. The topological polar surface area (TPSA) is 87.2 Å². The van der Waals surface area contributed by atoms with Crippen LogP contribution >= 0.6 is 0 Å². The number of nitrogens with zero attached hydrogens (tertiary/aromatic N) is 2. The third-order valence-electron chi connectivity index (χ3n) is 6.04. The molecule has 0 saturated heterocycles. The van der Waals surface area contributed by atoms with E-state index in [1.165, 1.54) is 39.5 Å². The van der Waals surface area contributed by atoms with Crippen molar-refractivity contribution in [1.82, 2.24) is 9.21 Å². The Balaban J connectivity index is 2.02. The van der Waals surface area contributed by atoms with Crippen LogP contribution in [0, 0.1) is 29.5 Å². The molecule has 1 heterocycles. The van der Waals surface area contributed by atoms with E-state index in [0.29, 0.717) is 5.56 Å². The number of ether oxygens (including phenoxy) is 1. The second-order valence-electron chi connectivity index (χ2n) is 9.52. The molecule has 0 fully saturated rings. The molecule has 9 heteroatoms. The monoisotopic (exact) mass is 516 g/mol. The maximum absolute atomic E-state index is 13.7. The minimum Gasteiger partial charge on any atom is -0.487 e. The van der Waals surface area contributed by atoms with E-state index in [4.69, 9.17) is 4.74 Å². The molecule has 1 N–H and O–H groups in total. The highest BCUT2D eigenvalue weighted by Crippen LogP contribution is 2.34. The smallest absolute Gasteiger partial charge is 0.253 e. The average Bonchev–Trinajstić information content (AvgIpc) is 2.83. The third-order valence-corrected chi connectivity index (χ3v) is 8.06. The standard InChI is InChI=1S/C27H33FN2O5S/c1-18(2)9-10-21-11-12-26-24(13-21)35-25(19(3)15-30(20(4)17-31)36(26,33)34)16-29(5)27(32)22-7-6-8-23(28)14-22/h6-8,11-14,18-20,25,31H,15-17H2,1-5H3/t19-,20+,25+/m1/s1. The SMILES string of the molecule is CC(C)C#Cc1ccc2c(c1)O[C@@H](CN(C)C(=O)c1cccc(F)c1)[C@H](C)CN([C@@H](C)CO)S2(=O)=O. The van der Waals surface area contributed by atoms with E-state index in [-0.39, 0.29) is 53.6 Å². The zero-order valence-electron chi connectivity index (χ0n) is 21.2. The number of aliphatic hydroxyl groups is 1. The highest BCUT2D eigenvalue weighted by Gasteiger charge is 2.38. The molecule has 3 rings (SSSR count). The summed E-state index contributed by atoms with van der Waals surface area (Å²) in [4.78, 5) is 14.4. The molecule has 0 aliphatic carbocycles. The van der Waals surface area contributed by atoms with Gasteiger partial charge >= 0.3 is 0 Å². The summed E-state index contributed by atoms with van der Waals surface area (Å²) in [6.07, 6.45) is -0.580. The van der Waals surface area contributed by atoms with Crippen LogP contribution in [0.4, 0.5) is 4.39 Å². The molecule has 36 heavy (non-hydrogen) atoms. The molecule has 0 radical (unpaired) electrons. The number of hydrogen-bond acceptors (Lipinski definition) is 5. The maximum atomic E-state index is 13.7. The summed E-state index contributed by atoms with van der Waals surface area (Å²) < 4.78 is 48.3. The first-order valence-electron chi connectivity index (χ1n) is 11.9. The lowest BCUT2D eigenvalue weighted by molar-refractivity contribution is 0.0563. The van der Waals surface area contributed by atoms with E-state index in [0.717, 1.165) is 0 Å². The molecular weight excluding hydrogens is 483 g/mol. The van der Waals surface area contributed by atoms with Crippen molar-refractivity contribution in [3.63, 3.8) is 0 Å². The maximum Gasteiger partial charge on any atom is 0.253 e. The largest absolute Gasteiger partial charge is 0.487 e. The molecule has 1 aliphatic heterocycles. The van der Waals surface area contributed by atoms with E-state index < -0.39 is 28.0 Å². The van der Waals surface area contributed by atoms with Crippen LogP contribution in [0.1, 0.15) is 43.6 Å². The number of hydrogen-bond donors (Lipinski definition) is 1. The van der Waals surface area contributed by atoms with Crippen molar-refractivity contribution in [3.8, 4) is 17.6 Å². The number of sulfonamides is 1. The fourth-order valence-corrected chi connectivity index (χ4v) is 5.77. The molecule has 7 nitrogen and oxygen atoms in total. The molecule has 0 spiro atoms. The minimum atomic E-state index is -3.97. The fraction of sp³-hybridized carbons (Fsp3) is 0.444. The summed E-state index contributed by atoms with van der Waals surface area (Å²) in [6.45, 7) is 7.28. The number of likely N-dealkylation sites (N-methyl/N-ethyl adjacent to an activating group) is 1. The predicted molar refractivity (Wildman–Crippen MR) is 136 cm³/mol. The van der Waals surface area contributed by atoms with Crippen molar-refractivity contribution in [1.29, 1.82) is 0 Å². The molecule has 1 amide bonds. The summed E-state index contributed by atoms with van der Waals surface area (Å²) >= 11 is 0. The summed E-state index contributed by atoms with van der Waals surface area (Å²) in [5.74, 6) is 5.15. The van der Waals surface area contributed by atoms with Gasteiger partial charge in [-0.2, -0.15) is 4.31 Å². The summed E-state index contributed by atoms with van der Waals surface area (Å²) in [7, 11) is -2.38. The number of fused-ring (bicyclic) bond motifs is 1. The van der Waals surface area contributed by atoms with Crippen LogP contribution in [-0.2, 0) is 10.0 Å². The minimum absolute atomic E-state index is 0.0195. The second kappa shape index (κ2) is 11.4. The van der Waals surface area contributed by atoms with Gasteiger partial charge in [0.1, 0.15) is 22.6 Å². The lowest BCUT2D eigenvalue weighted by atomic mass is 10.0. The van der Waals surface area contributed by atoms with Crippen molar-refractivity contribution < 1.29 is 27.4 Å². The summed E-state index contributed by atoms with van der Waals surface area (Å²) in [5, 5.41) is 9.78. The Morgan fingerprint density at radius 1 is 1.25 bits per heavy atom. The molecule has 3 atom stereocenters. The van der Waals surface area contributed by atoms with Crippen LogP contribution in [0.5, 0.6) is 5.75 Å². The Morgan fingerprint density at radius 3 is 2.61 bits per heavy atom. The molecule has 1 aliphatic rings. The third kappa shape index (κ3) is 6.25. The average molecular weight is 517 g/mol. The van der Waals surface area contributed by atoms with E-state index in [1.54, 1.807) is 26.1 Å². The van der Waals surface area contributed by atoms with Crippen LogP contribution < -0.4 is 4.74 Å². The molecule has 0 saturated carbocycles. The van der Waals surface area contributed by atoms with Gasteiger partial charge in [-0.25, -0.2) is 12.8 Å². The lowest BCUT2D eigenvalue weighted by Gasteiger charge is -2.37. The van der Waals surface area contributed by atoms with Crippen LogP contribution in [0.25, 0.3) is 0 Å². The van der Waals surface area contributed by atoms with Gasteiger partial charge in [-0.05, 0) is 43.3 Å². The normalized spacial score (nSPS) is 20.2. The van der Waals surface area contributed by atoms with Gasteiger partial charge in [-0.1, -0.05) is 38.7 Å². The Kier molecular flexibility index (Phi) is 8.77. The van der Waals surface area contributed by atoms with Crippen LogP contribution in [-0.4, -0.2) is 67.5 Å². The van der Waals surface area contributed by atoms with Gasteiger partial charge in [0.25, 0.3) is 5.91 Å². The van der Waals surface area contributed by atoms with E-state index in [9.17, 15) is 22.7 Å². The first kappa shape index (κ1) is 27.7. The number of carbonyl (C=O) groups is 1. The van der Waals surface area contributed by atoms with Crippen molar-refractivity contribution >= 4 is 15.9 Å². The molecule has 0 unspecified atom stereocenters. The van der Waals surface area contributed by atoms with Gasteiger partial charge in [-0.3, -0.25) is 4.79 Å². The highest BCUT2D eigenvalue weighted by molar-refractivity contribution is 7.89. The van der Waals surface area contributed by atoms with Crippen molar-refractivity contribution in [2.45, 2.75) is 44.7 Å². The number of aliphatic hydroxyl groups excluding tert-OH is 1. The van der Waals surface area contributed by atoms with E-state index in [2.05, 4.69) is 11.8 Å². The molecule has 0 bridgehead atoms.